The summed E-state index contributed by atoms with van der Waals surface area (Å²) in [6.07, 6.45) is 3.33. The summed E-state index contributed by atoms with van der Waals surface area (Å²) in [5, 5.41) is 15.3. The molecule has 10 nitrogen and oxygen atoms in total. The molecule has 0 unspecified atom stereocenters. The van der Waals surface area contributed by atoms with Crippen molar-refractivity contribution >= 4 is 55.0 Å². The average molecular weight is 567 g/mol. The van der Waals surface area contributed by atoms with Crippen molar-refractivity contribution in [3.05, 3.63) is 40.5 Å². The van der Waals surface area contributed by atoms with E-state index in [0.717, 1.165) is 10.6 Å². The van der Waals surface area contributed by atoms with Crippen molar-refractivity contribution in [2.24, 2.45) is 0 Å². The molecule has 0 aliphatic heterocycles. The molecule has 0 bridgehead atoms. The summed E-state index contributed by atoms with van der Waals surface area (Å²) in [5.74, 6) is -0.551. The van der Waals surface area contributed by atoms with Crippen molar-refractivity contribution < 1.29 is 27.8 Å². The van der Waals surface area contributed by atoms with Gasteiger partial charge in [0.05, 0.1) is 29.4 Å². The summed E-state index contributed by atoms with van der Waals surface area (Å²) in [4.78, 5) is 1.36. The van der Waals surface area contributed by atoms with Crippen LogP contribution in [-0.2, 0) is 16.6 Å². The van der Waals surface area contributed by atoms with E-state index in [1.54, 1.807) is 6.07 Å². The first kappa shape index (κ1) is 25.8. The van der Waals surface area contributed by atoms with Gasteiger partial charge in [-0.1, -0.05) is 42.6 Å². The zero-order valence-corrected chi connectivity index (χ0v) is 19.9. The second-order valence-corrected chi connectivity index (χ2v) is 11.9. The Balaban J connectivity index is 2.18. The Morgan fingerprint density at radius 1 is 1.21 bits per heavy atom. The van der Waals surface area contributed by atoms with Crippen molar-refractivity contribution in [2.75, 3.05) is 22.8 Å². The smallest absolute Gasteiger partial charge is 0.310 e. The summed E-state index contributed by atoms with van der Waals surface area (Å²) < 4.78 is 93.4. The lowest BCUT2D eigenvalue weighted by atomic mass is 10.3. The van der Waals surface area contributed by atoms with Crippen molar-refractivity contribution in [3.63, 3.8) is 0 Å². The largest absolute Gasteiger partial charge is 0.382 e. The molecule has 0 aliphatic carbocycles. The molecule has 186 valence electrons. The molecule has 2 aromatic heterocycles. The molecule has 0 radical (unpaired) electrons. The number of nitrogen functional groups attached to an aromatic ring is 1. The van der Waals surface area contributed by atoms with E-state index in [-0.39, 0.29) is 25.2 Å². The fraction of sp³-hybridized carbons (Fsp3) is 0.200. The molecule has 0 fully saturated rings. The minimum atomic E-state index is -10.1. The first-order valence-electron chi connectivity index (χ1n) is 8.65. The third-order valence-electron chi connectivity index (χ3n) is 4.30. The van der Waals surface area contributed by atoms with Crippen LogP contribution in [0.3, 0.4) is 0 Å². The van der Waals surface area contributed by atoms with Crippen LogP contribution < -0.4 is 10.0 Å². The normalized spacial score (nSPS) is 14.3. The van der Waals surface area contributed by atoms with E-state index in [4.69, 9.17) is 28.9 Å². The molecule has 0 aliphatic rings. The number of rotatable bonds is 7. The molecule has 0 saturated carbocycles. The molecule has 1 aromatic carbocycles. The number of nitrogens with two attached hydrogens (primary N) is 1. The number of aromatic nitrogens is 5. The van der Waals surface area contributed by atoms with Crippen LogP contribution in [0.15, 0.2) is 29.7 Å². The third-order valence-corrected chi connectivity index (χ3v) is 7.17. The van der Waals surface area contributed by atoms with Crippen LogP contribution in [0, 0.1) is 11.3 Å². The molecule has 2 N–H and O–H groups in total. The van der Waals surface area contributed by atoms with Gasteiger partial charge in [-0.05, 0) is 12.1 Å². The van der Waals surface area contributed by atoms with Gasteiger partial charge in [-0.25, -0.2) is 18.1 Å². The van der Waals surface area contributed by atoms with Crippen LogP contribution >= 0.6 is 33.4 Å². The molecule has 3 aromatic rings. The predicted octanol–water partition coefficient (Wildman–Crippen LogP) is 4.35. The van der Waals surface area contributed by atoms with Gasteiger partial charge in [0.1, 0.15) is 35.0 Å². The molecule has 0 amide bonds. The Kier molecular flexibility index (Phi) is 5.77. The fourth-order valence-corrected chi connectivity index (χ4v) is 5.25. The van der Waals surface area contributed by atoms with Gasteiger partial charge in [0, 0.05) is 0 Å². The molecule has 19 heteroatoms. The Hall–Kier alpha value is -2.81. The van der Waals surface area contributed by atoms with Gasteiger partial charge >= 0.3 is 10.2 Å². The number of hydrogen-bond acceptors (Lipinski definition) is 7. The first-order valence-corrected chi connectivity index (χ1v) is 13.2. The highest BCUT2D eigenvalue weighted by atomic mass is 35.5. The monoisotopic (exact) mass is 566 g/mol. The molecule has 0 saturated heterocycles. The zero-order chi connectivity index (χ0) is 25.8. The maximum Gasteiger partial charge on any atom is 0.310 e. The molecule has 2 heterocycles. The highest BCUT2D eigenvalue weighted by molar-refractivity contribution is 8.45. The minimum Gasteiger partial charge on any atom is -0.382 e. The van der Waals surface area contributed by atoms with Crippen LogP contribution in [0.4, 0.5) is 30.9 Å². The summed E-state index contributed by atoms with van der Waals surface area (Å²) in [6.45, 7) is -0.319. The van der Waals surface area contributed by atoms with E-state index < -0.39 is 58.1 Å². The van der Waals surface area contributed by atoms with Crippen molar-refractivity contribution in [3.8, 4) is 11.8 Å². The maximum absolute atomic E-state index is 13.2. The second kappa shape index (κ2) is 7.60. The average Bonchev–Trinajstić information content (AvgIpc) is 3.28. The number of halogens is 7. The number of nitrogens with zero attached hydrogens (tertiary/aromatic N) is 7. The summed E-state index contributed by atoms with van der Waals surface area (Å²) >= 11 is 11.7. The zero-order valence-electron chi connectivity index (χ0n) is 16.7. The van der Waals surface area contributed by atoms with Gasteiger partial charge < -0.3 is 5.73 Å². The Morgan fingerprint density at radius 2 is 1.79 bits per heavy atom. The molecule has 3 rings (SSSR count). The topological polar surface area (TPSA) is 136 Å². The predicted molar refractivity (Wildman–Crippen MR) is 116 cm³/mol. The highest BCUT2D eigenvalue weighted by Crippen LogP contribution is 3.02. The molecule has 0 atom stereocenters. The van der Waals surface area contributed by atoms with E-state index >= 15 is 0 Å². The van der Waals surface area contributed by atoms with Gasteiger partial charge in [-0.15, -0.1) is 0 Å². The number of hydrogen-bond donors (Lipinski definition) is 1. The Morgan fingerprint density at radius 3 is 2.24 bits per heavy atom. The quantitative estimate of drug-likeness (QED) is 0.420. The highest BCUT2D eigenvalue weighted by Gasteiger charge is 2.65. The van der Waals surface area contributed by atoms with Gasteiger partial charge in [0.15, 0.2) is 11.5 Å². The van der Waals surface area contributed by atoms with Crippen LogP contribution in [0.1, 0.15) is 5.69 Å². The lowest BCUT2D eigenvalue weighted by Crippen LogP contribution is -2.34. The van der Waals surface area contributed by atoms with Gasteiger partial charge in [0.25, 0.3) is 0 Å². The molecule has 0 spiro atoms. The van der Waals surface area contributed by atoms with E-state index in [0.29, 0.717) is 4.68 Å². The van der Waals surface area contributed by atoms with Crippen LogP contribution in [0.2, 0.25) is 10.0 Å². The molecular weight excluding hydrogens is 554 g/mol. The first-order chi connectivity index (χ1) is 15.3. The van der Waals surface area contributed by atoms with Crippen LogP contribution in [-0.4, -0.2) is 45.8 Å². The van der Waals surface area contributed by atoms with Crippen LogP contribution in [0.5, 0.6) is 0 Å². The number of sulfonamides is 1. The van der Waals surface area contributed by atoms with E-state index in [1.807, 2.05) is 0 Å². The minimum absolute atomic E-state index is 0.0251. The third kappa shape index (κ3) is 5.14. The lowest BCUT2D eigenvalue weighted by Gasteiger charge is -2.40. The SMILES string of the molecule is CS(=O)(=O)N(CCn1cncn1)c1c(C#N)nn(-c2c(Cl)cc(S(F)(F)(F)(F)F)cc2Cl)c1N. The summed E-state index contributed by atoms with van der Waals surface area (Å²) in [5.41, 5.74) is 4.46. The van der Waals surface area contributed by atoms with Crippen molar-refractivity contribution in [1.82, 2.24) is 24.5 Å². The number of benzene rings is 1. The fourth-order valence-electron chi connectivity index (χ4n) is 2.87. The van der Waals surface area contributed by atoms with E-state index in [1.165, 1.54) is 17.3 Å². The van der Waals surface area contributed by atoms with Gasteiger partial charge in [-0.2, -0.15) is 15.5 Å². The molecular formula is C15H13Cl2F5N8O2S2. The molecule has 34 heavy (non-hydrogen) atoms. The van der Waals surface area contributed by atoms with E-state index in [2.05, 4.69) is 15.2 Å². The standard InChI is InChI=1S/C15H13Cl2F5N8O2S2/c1-33(31,32)29(3-2-28-8-25-7-26-28)14-12(6-23)27-30(15(14)24)13-10(16)4-9(5-11(13)17)34(18,19,20,21)22/h4-5,7-8H,2-3,24H2,1H3. The Bertz CT molecular complexity index is 1400. The Labute approximate surface area is 199 Å². The number of nitriles is 1. The number of anilines is 2. The van der Waals surface area contributed by atoms with E-state index in [9.17, 15) is 33.1 Å². The van der Waals surface area contributed by atoms with Crippen molar-refractivity contribution in [2.45, 2.75) is 11.4 Å². The maximum atomic E-state index is 13.2. The van der Waals surface area contributed by atoms with Crippen molar-refractivity contribution in [1.29, 1.82) is 5.26 Å². The lowest BCUT2D eigenvalue weighted by molar-refractivity contribution is 0.364. The van der Waals surface area contributed by atoms with Gasteiger partial charge in [-0.3, -0.25) is 8.99 Å². The summed E-state index contributed by atoms with van der Waals surface area (Å²) in [6, 6.07) is 1.51. The van der Waals surface area contributed by atoms with Crippen LogP contribution in [0.25, 0.3) is 5.69 Å². The summed E-state index contributed by atoms with van der Waals surface area (Å²) in [7, 11) is -14.2. The van der Waals surface area contributed by atoms with Gasteiger partial charge in [0.2, 0.25) is 10.0 Å². The second-order valence-electron chi connectivity index (χ2n) is 6.80.